The summed E-state index contributed by atoms with van der Waals surface area (Å²) in [6.07, 6.45) is 2.25. The van der Waals surface area contributed by atoms with Gasteiger partial charge in [-0.1, -0.05) is 20.3 Å². The molecule has 0 spiro atoms. The van der Waals surface area contributed by atoms with E-state index in [-0.39, 0.29) is 6.54 Å². The minimum absolute atomic E-state index is 0.227. The fourth-order valence-electron chi connectivity index (χ4n) is 1.37. The second-order valence-corrected chi connectivity index (χ2v) is 5.95. The first-order chi connectivity index (χ1) is 7.86. The molecule has 0 atom stereocenters. The van der Waals surface area contributed by atoms with Crippen molar-refractivity contribution in [3.63, 3.8) is 0 Å². The van der Waals surface area contributed by atoms with Crippen molar-refractivity contribution in [1.82, 2.24) is 8.61 Å². The predicted molar refractivity (Wildman–Crippen MR) is 66.0 cm³/mol. The van der Waals surface area contributed by atoms with Crippen molar-refractivity contribution in [1.29, 1.82) is 0 Å². The van der Waals surface area contributed by atoms with E-state index in [1.807, 2.05) is 13.8 Å². The molecule has 17 heavy (non-hydrogen) atoms. The van der Waals surface area contributed by atoms with Crippen LogP contribution in [0.5, 0.6) is 0 Å². The molecule has 102 valence electrons. The number of carboxylic acids is 1. The summed E-state index contributed by atoms with van der Waals surface area (Å²) in [5.41, 5.74) is 0. The van der Waals surface area contributed by atoms with E-state index in [1.165, 1.54) is 11.4 Å². The minimum atomic E-state index is -3.64. The lowest BCUT2D eigenvalue weighted by Crippen LogP contribution is -2.44. The third-order valence-electron chi connectivity index (χ3n) is 2.33. The minimum Gasteiger partial charge on any atom is -0.480 e. The molecule has 6 nitrogen and oxygen atoms in total. The Kier molecular flexibility index (Phi) is 7.33. The quantitative estimate of drug-likeness (QED) is 0.668. The molecule has 7 heteroatoms. The van der Waals surface area contributed by atoms with Gasteiger partial charge in [-0.2, -0.15) is 17.0 Å². The van der Waals surface area contributed by atoms with E-state index < -0.39 is 22.7 Å². The normalized spacial score (nSPS) is 12.3. The standard InChI is InChI=1S/C10H22N2O4S/c1-4-6-8-11(3)17(15,16)12(7-5-2)9-10(13)14/h4-9H2,1-3H3,(H,13,14). The Morgan fingerprint density at radius 2 is 1.76 bits per heavy atom. The molecular weight excluding hydrogens is 244 g/mol. The highest BCUT2D eigenvalue weighted by Gasteiger charge is 2.27. The number of aliphatic carboxylic acids is 1. The van der Waals surface area contributed by atoms with Crippen LogP contribution < -0.4 is 0 Å². The number of unbranched alkanes of at least 4 members (excludes halogenated alkanes) is 1. The highest BCUT2D eigenvalue weighted by Crippen LogP contribution is 2.08. The van der Waals surface area contributed by atoms with Gasteiger partial charge in [0, 0.05) is 20.1 Å². The van der Waals surface area contributed by atoms with Crippen LogP contribution in [0.15, 0.2) is 0 Å². The van der Waals surface area contributed by atoms with Crippen molar-refractivity contribution in [2.45, 2.75) is 33.1 Å². The molecular formula is C10H22N2O4S. The zero-order valence-corrected chi connectivity index (χ0v) is 11.5. The van der Waals surface area contributed by atoms with Crippen LogP contribution in [-0.2, 0) is 15.0 Å². The van der Waals surface area contributed by atoms with Gasteiger partial charge in [-0.3, -0.25) is 4.79 Å². The Balaban J connectivity index is 4.74. The van der Waals surface area contributed by atoms with Gasteiger partial charge in [0.1, 0.15) is 6.54 Å². The lowest BCUT2D eigenvalue weighted by Gasteiger charge is -2.25. The molecule has 0 fully saturated rings. The van der Waals surface area contributed by atoms with Crippen LogP contribution in [0.2, 0.25) is 0 Å². The maximum Gasteiger partial charge on any atom is 0.318 e. The average Bonchev–Trinajstić information content (AvgIpc) is 2.24. The first kappa shape index (κ1) is 16.3. The first-order valence-electron chi connectivity index (χ1n) is 5.79. The van der Waals surface area contributed by atoms with Crippen LogP contribution in [0.1, 0.15) is 33.1 Å². The summed E-state index contributed by atoms with van der Waals surface area (Å²) in [4.78, 5) is 10.6. The lowest BCUT2D eigenvalue weighted by atomic mass is 10.3. The Bertz CT molecular complexity index is 329. The van der Waals surface area contributed by atoms with Crippen molar-refractivity contribution in [3.05, 3.63) is 0 Å². The maximum absolute atomic E-state index is 12.1. The number of hydrogen-bond donors (Lipinski definition) is 1. The largest absolute Gasteiger partial charge is 0.480 e. The first-order valence-corrected chi connectivity index (χ1v) is 7.19. The summed E-state index contributed by atoms with van der Waals surface area (Å²) in [6, 6.07) is 0. The Hall–Kier alpha value is -0.660. The SMILES string of the molecule is CCCCN(C)S(=O)(=O)N(CCC)CC(=O)O. The number of carbonyl (C=O) groups is 1. The van der Waals surface area contributed by atoms with E-state index in [2.05, 4.69) is 0 Å². The molecule has 0 bridgehead atoms. The number of carboxylic acid groups (broad SMARTS) is 1. The molecule has 0 heterocycles. The van der Waals surface area contributed by atoms with Crippen LogP contribution in [0.25, 0.3) is 0 Å². The molecule has 0 saturated carbocycles. The molecule has 0 saturated heterocycles. The topological polar surface area (TPSA) is 77.9 Å². The number of hydrogen-bond acceptors (Lipinski definition) is 3. The molecule has 1 N–H and O–H groups in total. The molecule has 0 aromatic heterocycles. The van der Waals surface area contributed by atoms with Gasteiger partial charge in [0.2, 0.25) is 0 Å². The molecule has 0 aliphatic carbocycles. The van der Waals surface area contributed by atoms with Gasteiger partial charge in [0.15, 0.2) is 0 Å². The van der Waals surface area contributed by atoms with Gasteiger partial charge in [-0.15, -0.1) is 0 Å². The zero-order chi connectivity index (χ0) is 13.5. The van der Waals surface area contributed by atoms with E-state index in [9.17, 15) is 13.2 Å². The third kappa shape index (κ3) is 5.47. The van der Waals surface area contributed by atoms with Crippen molar-refractivity contribution >= 4 is 16.2 Å². The van der Waals surface area contributed by atoms with Gasteiger partial charge in [0.25, 0.3) is 10.2 Å². The predicted octanol–water partition coefficient (Wildman–Crippen LogP) is 0.760. The highest BCUT2D eigenvalue weighted by atomic mass is 32.2. The van der Waals surface area contributed by atoms with Crippen molar-refractivity contribution in [2.75, 3.05) is 26.7 Å². The second kappa shape index (κ2) is 7.62. The van der Waals surface area contributed by atoms with E-state index >= 15 is 0 Å². The van der Waals surface area contributed by atoms with Crippen molar-refractivity contribution in [2.24, 2.45) is 0 Å². The Morgan fingerprint density at radius 3 is 2.18 bits per heavy atom. The van der Waals surface area contributed by atoms with E-state index in [0.717, 1.165) is 17.1 Å². The third-order valence-corrected chi connectivity index (χ3v) is 4.27. The smallest absolute Gasteiger partial charge is 0.318 e. The van der Waals surface area contributed by atoms with Crippen molar-refractivity contribution < 1.29 is 18.3 Å². The summed E-state index contributed by atoms with van der Waals surface area (Å²) in [5, 5.41) is 8.71. The van der Waals surface area contributed by atoms with Gasteiger partial charge in [-0.25, -0.2) is 0 Å². The molecule has 0 amide bonds. The summed E-state index contributed by atoms with van der Waals surface area (Å²) in [7, 11) is -2.16. The molecule has 0 aromatic rings. The van der Waals surface area contributed by atoms with Crippen LogP contribution in [0, 0.1) is 0 Å². The monoisotopic (exact) mass is 266 g/mol. The second-order valence-electron chi connectivity index (χ2n) is 3.91. The van der Waals surface area contributed by atoms with Crippen molar-refractivity contribution in [3.8, 4) is 0 Å². The molecule has 0 aromatic carbocycles. The molecule has 0 radical (unpaired) electrons. The lowest BCUT2D eigenvalue weighted by molar-refractivity contribution is -0.137. The van der Waals surface area contributed by atoms with Crippen LogP contribution in [0.4, 0.5) is 0 Å². The molecule has 0 rings (SSSR count). The highest BCUT2D eigenvalue weighted by molar-refractivity contribution is 7.86. The van der Waals surface area contributed by atoms with Gasteiger partial charge >= 0.3 is 5.97 Å². The Labute approximate surface area is 103 Å². The van der Waals surface area contributed by atoms with Gasteiger partial charge in [-0.05, 0) is 12.8 Å². The average molecular weight is 266 g/mol. The van der Waals surface area contributed by atoms with Gasteiger partial charge in [0.05, 0.1) is 0 Å². The maximum atomic E-state index is 12.1. The zero-order valence-electron chi connectivity index (χ0n) is 10.7. The van der Waals surface area contributed by atoms with E-state index in [0.29, 0.717) is 13.0 Å². The molecule has 0 aliphatic rings. The van der Waals surface area contributed by atoms with Crippen LogP contribution >= 0.6 is 0 Å². The van der Waals surface area contributed by atoms with Gasteiger partial charge < -0.3 is 5.11 Å². The van der Waals surface area contributed by atoms with E-state index in [1.54, 1.807) is 0 Å². The summed E-state index contributed by atoms with van der Waals surface area (Å²) >= 11 is 0. The number of nitrogens with zero attached hydrogens (tertiary/aromatic N) is 2. The van der Waals surface area contributed by atoms with Crippen LogP contribution in [-0.4, -0.2) is 54.8 Å². The summed E-state index contributed by atoms with van der Waals surface area (Å²) in [5.74, 6) is -1.13. The van der Waals surface area contributed by atoms with Crippen LogP contribution in [0.3, 0.4) is 0 Å². The molecule has 0 aliphatic heterocycles. The van der Waals surface area contributed by atoms with E-state index in [4.69, 9.17) is 5.11 Å². The Morgan fingerprint density at radius 1 is 1.18 bits per heavy atom. The fraction of sp³-hybridized carbons (Fsp3) is 0.900. The fourth-order valence-corrected chi connectivity index (χ4v) is 2.81. The number of rotatable bonds is 9. The summed E-state index contributed by atoms with van der Waals surface area (Å²) < 4.78 is 26.3. The summed E-state index contributed by atoms with van der Waals surface area (Å²) in [6.45, 7) is 3.95. The molecule has 0 unspecified atom stereocenters.